The first-order valence-corrected chi connectivity index (χ1v) is 6.93. The van der Waals surface area contributed by atoms with Crippen LogP contribution in [0.5, 0.6) is 0 Å². The predicted molar refractivity (Wildman–Crippen MR) is 66.7 cm³/mol. The molecule has 0 saturated heterocycles. The van der Waals surface area contributed by atoms with Crippen LogP contribution < -0.4 is 0 Å². The summed E-state index contributed by atoms with van der Waals surface area (Å²) in [6, 6.07) is 0. The molecule has 2 aliphatic carbocycles. The first kappa shape index (κ1) is 11.5. The summed E-state index contributed by atoms with van der Waals surface area (Å²) in [6.07, 6.45) is 2.87. The summed E-state index contributed by atoms with van der Waals surface area (Å²) in [7, 11) is 0. The number of hydrogen-bond acceptors (Lipinski definition) is 0. The van der Waals surface area contributed by atoms with E-state index in [0.29, 0.717) is 5.41 Å². The summed E-state index contributed by atoms with van der Waals surface area (Å²) >= 11 is 0. The highest BCUT2D eigenvalue weighted by Gasteiger charge is 2.58. The molecule has 7 unspecified atom stereocenters. The molecule has 0 radical (unpaired) electrons. The lowest BCUT2D eigenvalue weighted by atomic mass is 9.70. The van der Waals surface area contributed by atoms with Crippen molar-refractivity contribution in [1.82, 2.24) is 0 Å². The molecule has 0 amide bonds. The molecule has 0 N–H and O–H groups in total. The van der Waals surface area contributed by atoms with E-state index in [2.05, 4.69) is 41.5 Å². The van der Waals surface area contributed by atoms with Gasteiger partial charge < -0.3 is 0 Å². The van der Waals surface area contributed by atoms with Gasteiger partial charge >= 0.3 is 0 Å². The van der Waals surface area contributed by atoms with E-state index in [0.717, 1.165) is 35.5 Å². The molecule has 0 aromatic carbocycles. The standard InChI is InChI=1S/C15H28/c1-7-15(6)12(5)11(4)14-10(3)9(2)8-13(14)15/h9-14H,7-8H2,1-6H3. The van der Waals surface area contributed by atoms with Crippen LogP contribution in [0.2, 0.25) is 0 Å². The van der Waals surface area contributed by atoms with E-state index in [4.69, 9.17) is 0 Å². The van der Waals surface area contributed by atoms with Gasteiger partial charge in [-0.3, -0.25) is 0 Å². The minimum Gasteiger partial charge on any atom is -0.0648 e. The van der Waals surface area contributed by atoms with Gasteiger partial charge in [-0.2, -0.15) is 0 Å². The zero-order valence-corrected chi connectivity index (χ0v) is 11.4. The molecular formula is C15H28. The minimum atomic E-state index is 0.628. The monoisotopic (exact) mass is 208 g/mol. The Labute approximate surface area is 95.8 Å². The lowest BCUT2D eigenvalue weighted by molar-refractivity contribution is 0.142. The predicted octanol–water partition coefficient (Wildman–Crippen LogP) is 4.60. The molecule has 2 aliphatic rings. The molecule has 0 heterocycles. The molecule has 0 nitrogen and oxygen atoms in total. The van der Waals surface area contributed by atoms with E-state index in [-0.39, 0.29) is 0 Å². The van der Waals surface area contributed by atoms with Crippen molar-refractivity contribution in [3.8, 4) is 0 Å². The maximum atomic E-state index is 2.56. The van der Waals surface area contributed by atoms with Gasteiger partial charge in [-0.1, -0.05) is 48.0 Å². The molecule has 0 spiro atoms. The SMILES string of the molecule is CCC1(C)C(C)C(C)C2C(C)C(C)CC21. The van der Waals surface area contributed by atoms with Crippen molar-refractivity contribution in [1.29, 1.82) is 0 Å². The van der Waals surface area contributed by atoms with E-state index in [9.17, 15) is 0 Å². The molecule has 0 heteroatoms. The lowest BCUT2D eigenvalue weighted by Crippen LogP contribution is -2.27. The summed E-state index contributed by atoms with van der Waals surface area (Å²) in [5, 5.41) is 0. The fourth-order valence-electron chi connectivity index (χ4n) is 4.93. The second-order valence-corrected chi connectivity index (χ2v) is 6.76. The van der Waals surface area contributed by atoms with Crippen molar-refractivity contribution in [3.05, 3.63) is 0 Å². The quantitative estimate of drug-likeness (QED) is 0.591. The third-order valence-electron chi connectivity index (χ3n) is 6.64. The van der Waals surface area contributed by atoms with Gasteiger partial charge in [-0.15, -0.1) is 0 Å². The maximum Gasteiger partial charge on any atom is -0.0269 e. The van der Waals surface area contributed by atoms with Crippen molar-refractivity contribution in [2.24, 2.45) is 40.9 Å². The number of fused-ring (bicyclic) bond motifs is 1. The van der Waals surface area contributed by atoms with Gasteiger partial charge in [0.15, 0.2) is 0 Å². The Morgan fingerprint density at radius 3 is 2.20 bits per heavy atom. The minimum absolute atomic E-state index is 0.628. The molecule has 0 aromatic rings. The van der Waals surface area contributed by atoms with Gasteiger partial charge in [-0.25, -0.2) is 0 Å². The highest BCUT2D eigenvalue weighted by atomic mass is 14.6. The smallest absolute Gasteiger partial charge is 0.0269 e. The Balaban J connectivity index is 2.33. The molecule has 2 fully saturated rings. The van der Waals surface area contributed by atoms with Gasteiger partial charge in [0.1, 0.15) is 0 Å². The van der Waals surface area contributed by atoms with E-state index in [1.165, 1.54) is 12.8 Å². The van der Waals surface area contributed by atoms with Crippen LogP contribution in [-0.2, 0) is 0 Å². The number of hydrogen-bond donors (Lipinski definition) is 0. The van der Waals surface area contributed by atoms with Crippen LogP contribution in [0.4, 0.5) is 0 Å². The van der Waals surface area contributed by atoms with Crippen LogP contribution in [0.3, 0.4) is 0 Å². The van der Waals surface area contributed by atoms with E-state index >= 15 is 0 Å². The van der Waals surface area contributed by atoms with Crippen LogP contribution in [-0.4, -0.2) is 0 Å². The third kappa shape index (κ3) is 1.33. The van der Waals surface area contributed by atoms with E-state index < -0.39 is 0 Å². The van der Waals surface area contributed by atoms with Crippen molar-refractivity contribution in [2.45, 2.75) is 54.4 Å². The summed E-state index contributed by atoms with van der Waals surface area (Å²) in [6.45, 7) is 14.9. The summed E-state index contributed by atoms with van der Waals surface area (Å²) in [4.78, 5) is 0. The molecule has 0 aromatic heterocycles. The molecule has 15 heavy (non-hydrogen) atoms. The number of rotatable bonds is 1. The summed E-state index contributed by atoms with van der Waals surface area (Å²) in [5.74, 6) is 5.81. The Morgan fingerprint density at radius 1 is 1.07 bits per heavy atom. The molecule has 0 aliphatic heterocycles. The Kier molecular flexibility index (Phi) is 2.68. The fourth-order valence-corrected chi connectivity index (χ4v) is 4.93. The molecule has 2 saturated carbocycles. The van der Waals surface area contributed by atoms with Crippen molar-refractivity contribution in [2.75, 3.05) is 0 Å². The molecule has 0 bridgehead atoms. The van der Waals surface area contributed by atoms with Crippen LogP contribution in [0, 0.1) is 40.9 Å². The fraction of sp³-hybridized carbons (Fsp3) is 1.00. The normalized spacial score (nSPS) is 59.6. The zero-order chi connectivity index (χ0) is 11.4. The van der Waals surface area contributed by atoms with E-state index in [1.54, 1.807) is 0 Å². The molecule has 88 valence electrons. The molecule has 2 rings (SSSR count). The van der Waals surface area contributed by atoms with Crippen molar-refractivity contribution < 1.29 is 0 Å². The van der Waals surface area contributed by atoms with Crippen LogP contribution in [0.15, 0.2) is 0 Å². The van der Waals surface area contributed by atoms with Crippen molar-refractivity contribution >= 4 is 0 Å². The van der Waals surface area contributed by atoms with Gasteiger partial charge in [-0.05, 0) is 47.3 Å². The first-order chi connectivity index (χ1) is 6.93. The molecule has 7 atom stereocenters. The van der Waals surface area contributed by atoms with Gasteiger partial charge in [0.05, 0.1) is 0 Å². The highest BCUT2D eigenvalue weighted by Crippen LogP contribution is 2.64. The summed E-state index contributed by atoms with van der Waals surface area (Å²) < 4.78 is 0. The van der Waals surface area contributed by atoms with Crippen LogP contribution in [0.25, 0.3) is 0 Å². The van der Waals surface area contributed by atoms with Crippen LogP contribution in [0.1, 0.15) is 54.4 Å². The van der Waals surface area contributed by atoms with Crippen molar-refractivity contribution in [3.63, 3.8) is 0 Å². The summed E-state index contributed by atoms with van der Waals surface area (Å²) in [5.41, 5.74) is 0.628. The first-order valence-electron chi connectivity index (χ1n) is 6.93. The van der Waals surface area contributed by atoms with Gasteiger partial charge in [0.2, 0.25) is 0 Å². The maximum absolute atomic E-state index is 2.56. The average molecular weight is 208 g/mol. The average Bonchev–Trinajstić information content (AvgIpc) is 2.60. The molecular weight excluding hydrogens is 180 g/mol. The Hall–Kier alpha value is 0. The largest absolute Gasteiger partial charge is 0.0648 e. The van der Waals surface area contributed by atoms with E-state index in [1.807, 2.05) is 0 Å². The second-order valence-electron chi connectivity index (χ2n) is 6.76. The second kappa shape index (κ2) is 3.50. The Bertz CT molecular complexity index is 244. The zero-order valence-electron chi connectivity index (χ0n) is 11.4. The topological polar surface area (TPSA) is 0 Å². The van der Waals surface area contributed by atoms with Crippen LogP contribution >= 0.6 is 0 Å². The Morgan fingerprint density at radius 2 is 1.67 bits per heavy atom. The third-order valence-corrected chi connectivity index (χ3v) is 6.64. The lowest BCUT2D eigenvalue weighted by Gasteiger charge is -2.35. The highest BCUT2D eigenvalue weighted by molar-refractivity contribution is 5.06. The van der Waals surface area contributed by atoms with Gasteiger partial charge in [0.25, 0.3) is 0 Å². The van der Waals surface area contributed by atoms with Gasteiger partial charge in [0, 0.05) is 0 Å².